The maximum atomic E-state index is 12.8. The van der Waals surface area contributed by atoms with Gasteiger partial charge in [0.2, 0.25) is 5.91 Å². The minimum Gasteiger partial charge on any atom is -0.342 e. The highest BCUT2D eigenvalue weighted by Crippen LogP contribution is 2.24. The highest BCUT2D eigenvalue weighted by molar-refractivity contribution is 6.29. The van der Waals surface area contributed by atoms with Crippen LogP contribution >= 0.6 is 11.6 Å². The number of halogens is 1. The Hall–Kier alpha value is -1.13. The normalized spacial score (nSPS) is 23.9. The lowest BCUT2D eigenvalue weighted by atomic mass is 9.93. The Morgan fingerprint density at radius 3 is 2.74 bits per heavy atom. The zero-order valence-corrected chi connectivity index (χ0v) is 14.6. The lowest BCUT2D eigenvalue weighted by molar-refractivity contribution is -0.138. The molecule has 2 saturated heterocycles. The van der Waals surface area contributed by atoms with Gasteiger partial charge in [0.1, 0.15) is 5.15 Å². The molecule has 0 aromatic carbocycles. The zero-order chi connectivity index (χ0) is 16.2. The second-order valence-corrected chi connectivity index (χ2v) is 7.46. The summed E-state index contributed by atoms with van der Waals surface area (Å²) in [4.78, 5) is 21.4. The van der Waals surface area contributed by atoms with Gasteiger partial charge < -0.3 is 4.90 Å². The number of pyridine rings is 1. The molecule has 1 amide bonds. The van der Waals surface area contributed by atoms with Gasteiger partial charge in [-0.3, -0.25) is 9.69 Å². The monoisotopic (exact) mass is 335 g/mol. The van der Waals surface area contributed by atoms with E-state index in [2.05, 4.69) is 21.7 Å². The number of hydrogen-bond acceptors (Lipinski definition) is 3. The van der Waals surface area contributed by atoms with Crippen molar-refractivity contribution in [2.24, 2.45) is 11.8 Å². The van der Waals surface area contributed by atoms with Crippen molar-refractivity contribution >= 4 is 17.5 Å². The Morgan fingerprint density at radius 1 is 1.26 bits per heavy atom. The van der Waals surface area contributed by atoms with E-state index in [0.717, 1.165) is 69.9 Å². The number of aromatic nitrogens is 1. The first-order chi connectivity index (χ1) is 11.1. The van der Waals surface area contributed by atoms with E-state index < -0.39 is 0 Å². The predicted octanol–water partition coefficient (Wildman–Crippen LogP) is 3.21. The molecule has 0 N–H and O–H groups in total. The van der Waals surface area contributed by atoms with Gasteiger partial charge in [0, 0.05) is 32.4 Å². The summed E-state index contributed by atoms with van der Waals surface area (Å²) in [6.45, 7) is 6.95. The molecule has 2 aliphatic heterocycles. The van der Waals surface area contributed by atoms with Crippen molar-refractivity contribution in [1.29, 1.82) is 0 Å². The molecule has 1 aromatic heterocycles. The maximum Gasteiger partial charge on any atom is 0.226 e. The lowest BCUT2D eigenvalue weighted by Crippen LogP contribution is -2.46. The quantitative estimate of drug-likeness (QED) is 0.796. The van der Waals surface area contributed by atoms with E-state index in [4.69, 9.17) is 11.6 Å². The standard InChI is InChI=1S/C18H26ClN3O/c1-14-6-9-22(10-7-14)18(23)16-3-2-8-21(13-16)12-15-4-5-17(19)20-11-15/h4-5,11,14,16H,2-3,6-10,12-13H2,1H3. The van der Waals surface area contributed by atoms with E-state index >= 15 is 0 Å². The predicted molar refractivity (Wildman–Crippen MR) is 92.2 cm³/mol. The third-order valence-corrected chi connectivity index (χ3v) is 5.37. The molecule has 4 nitrogen and oxygen atoms in total. The minimum absolute atomic E-state index is 0.164. The molecule has 5 heteroatoms. The van der Waals surface area contributed by atoms with Crippen molar-refractivity contribution in [3.05, 3.63) is 29.0 Å². The van der Waals surface area contributed by atoms with Crippen LogP contribution in [0, 0.1) is 11.8 Å². The molecule has 23 heavy (non-hydrogen) atoms. The molecule has 126 valence electrons. The molecule has 3 heterocycles. The number of rotatable bonds is 3. The summed E-state index contributed by atoms with van der Waals surface area (Å²) >= 11 is 5.84. The van der Waals surface area contributed by atoms with E-state index in [-0.39, 0.29) is 5.92 Å². The molecule has 2 aliphatic rings. The average molecular weight is 336 g/mol. The maximum absolute atomic E-state index is 12.8. The Balaban J connectivity index is 1.55. The summed E-state index contributed by atoms with van der Waals surface area (Å²) in [5.41, 5.74) is 1.16. The third kappa shape index (κ3) is 4.45. The van der Waals surface area contributed by atoms with Gasteiger partial charge in [-0.2, -0.15) is 0 Å². The Morgan fingerprint density at radius 2 is 2.04 bits per heavy atom. The molecular weight excluding hydrogens is 310 g/mol. The highest BCUT2D eigenvalue weighted by Gasteiger charge is 2.30. The molecule has 2 fully saturated rings. The smallest absolute Gasteiger partial charge is 0.226 e. The van der Waals surface area contributed by atoms with E-state index in [1.807, 2.05) is 18.3 Å². The topological polar surface area (TPSA) is 36.4 Å². The van der Waals surface area contributed by atoms with Crippen LogP contribution in [0.2, 0.25) is 5.15 Å². The molecule has 0 bridgehead atoms. The average Bonchev–Trinajstić information content (AvgIpc) is 2.57. The first kappa shape index (κ1) is 16.7. The Kier molecular flexibility index (Phi) is 5.54. The van der Waals surface area contributed by atoms with Crippen LogP contribution in [0.4, 0.5) is 0 Å². The fourth-order valence-corrected chi connectivity index (χ4v) is 3.76. The van der Waals surface area contributed by atoms with Gasteiger partial charge in [0.15, 0.2) is 0 Å². The first-order valence-corrected chi connectivity index (χ1v) is 9.11. The van der Waals surface area contributed by atoms with Gasteiger partial charge in [-0.15, -0.1) is 0 Å². The molecule has 1 aromatic rings. The largest absolute Gasteiger partial charge is 0.342 e. The van der Waals surface area contributed by atoms with Crippen LogP contribution in [-0.4, -0.2) is 46.9 Å². The summed E-state index contributed by atoms with van der Waals surface area (Å²) in [7, 11) is 0. The van der Waals surface area contributed by atoms with Crippen LogP contribution in [0.1, 0.15) is 38.2 Å². The Bertz CT molecular complexity index is 526. The minimum atomic E-state index is 0.164. The van der Waals surface area contributed by atoms with Crippen molar-refractivity contribution in [2.75, 3.05) is 26.2 Å². The van der Waals surface area contributed by atoms with Crippen molar-refractivity contribution in [3.8, 4) is 0 Å². The van der Waals surface area contributed by atoms with Gasteiger partial charge >= 0.3 is 0 Å². The summed E-state index contributed by atoms with van der Waals surface area (Å²) in [5, 5.41) is 0.528. The van der Waals surface area contributed by atoms with Crippen LogP contribution < -0.4 is 0 Å². The molecule has 1 unspecified atom stereocenters. The second kappa shape index (κ2) is 7.63. The first-order valence-electron chi connectivity index (χ1n) is 8.73. The lowest BCUT2D eigenvalue weighted by Gasteiger charge is -2.37. The molecule has 1 atom stereocenters. The number of piperidine rings is 2. The van der Waals surface area contributed by atoms with E-state index in [1.165, 1.54) is 0 Å². The molecule has 0 spiro atoms. The summed E-state index contributed by atoms with van der Waals surface area (Å²) in [5.74, 6) is 1.30. The van der Waals surface area contributed by atoms with Gasteiger partial charge in [-0.1, -0.05) is 24.6 Å². The van der Waals surface area contributed by atoms with E-state index in [9.17, 15) is 4.79 Å². The SMILES string of the molecule is CC1CCN(C(=O)C2CCCN(Cc3ccc(Cl)nc3)C2)CC1. The number of hydrogen-bond donors (Lipinski definition) is 0. The van der Waals surface area contributed by atoms with E-state index in [1.54, 1.807) is 0 Å². The number of amides is 1. The third-order valence-electron chi connectivity index (χ3n) is 5.14. The van der Waals surface area contributed by atoms with E-state index in [0.29, 0.717) is 11.1 Å². The van der Waals surface area contributed by atoms with Crippen LogP contribution in [0.5, 0.6) is 0 Å². The fourth-order valence-electron chi connectivity index (χ4n) is 3.65. The summed E-state index contributed by atoms with van der Waals surface area (Å²) in [6, 6.07) is 3.85. The zero-order valence-electron chi connectivity index (χ0n) is 13.9. The van der Waals surface area contributed by atoms with Gasteiger partial charge in [-0.05, 0) is 49.8 Å². The van der Waals surface area contributed by atoms with Crippen LogP contribution in [0.3, 0.4) is 0 Å². The molecule has 0 saturated carbocycles. The fraction of sp³-hybridized carbons (Fsp3) is 0.667. The number of carbonyl (C=O) groups excluding carboxylic acids is 1. The summed E-state index contributed by atoms with van der Waals surface area (Å²) < 4.78 is 0. The number of carbonyl (C=O) groups is 1. The van der Waals surface area contributed by atoms with Crippen molar-refractivity contribution in [1.82, 2.24) is 14.8 Å². The van der Waals surface area contributed by atoms with Gasteiger partial charge in [0.05, 0.1) is 5.92 Å². The molecular formula is C18H26ClN3O. The highest BCUT2D eigenvalue weighted by atomic mass is 35.5. The van der Waals surface area contributed by atoms with Crippen molar-refractivity contribution < 1.29 is 4.79 Å². The Labute approximate surface area is 143 Å². The van der Waals surface area contributed by atoms with Crippen molar-refractivity contribution in [3.63, 3.8) is 0 Å². The molecule has 3 rings (SSSR count). The van der Waals surface area contributed by atoms with Gasteiger partial charge in [-0.25, -0.2) is 4.98 Å². The van der Waals surface area contributed by atoms with Crippen molar-refractivity contribution in [2.45, 2.75) is 39.2 Å². The summed E-state index contributed by atoms with van der Waals surface area (Å²) in [6.07, 6.45) is 6.26. The van der Waals surface area contributed by atoms with Gasteiger partial charge in [0.25, 0.3) is 0 Å². The van der Waals surface area contributed by atoms with Crippen LogP contribution in [-0.2, 0) is 11.3 Å². The van der Waals surface area contributed by atoms with Crippen LogP contribution in [0.25, 0.3) is 0 Å². The second-order valence-electron chi connectivity index (χ2n) is 7.07. The van der Waals surface area contributed by atoms with Crippen LogP contribution in [0.15, 0.2) is 18.3 Å². The number of nitrogens with zero attached hydrogens (tertiary/aromatic N) is 3. The number of likely N-dealkylation sites (tertiary alicyclic amines) is 2. The molecule has 0 radical (unpaired) electrons. The molecule has 0 aliphatic carbocycles.